The van der Waals surface area contributed by atoms with Crippen molar-refractivity contribution in [2.75, 3.05) is 0 Å². The van der Waals surface area contributed by atoms with Crippen molar-refractivity contribution >= 4 is 17.9 Å². The maximum atomic E-state index is 10.8. The van der Waals surface area contributed by atoms with Crippen LogP contribution in [0.5, 0.6) is 0 Å². The Morgan fingerprint density at radius 1 is 1.31 bits per heavy atom. The van der Waals surface area contributed by atoms with Gasteiger partial charge in [0, 0.05) is 10.6 Å². The molecule has 1 nitrogen and oxygen atoms in total. The van der Waals surface area contributed by atoms with E-state index in [0.717, 1.165) is 11.8 Å². The van der Waals surface area contributed by atoms with Crippen LogP contribution in [0.15, 0.2) is 18.2 Å². The normalized spacial score (nSPS) is 11.4. The van der Waals surface area contributed by atoms with Crippen LogP contribution in [0, 0.1) is 0 Å². The fraction of sp³-hybridized carbons (Fsp3) is 0.364. The number of hydrogen-bond donors (Lipinski definition) is 0. The predicted octanol–water partition coefficient (Wildman–Crippen LogP) is 3.45. The molecule has 1 rings (SSSR count). The molecule has 0 heterocycles. The topological polar surface area (TPSA) is 17.1 Å². The Labute approximate surface area is 83.7 Å². The van der Waals surface area contributed by atoms with Gasteiger partial charge in [0.15, 0.2) is 0 Å². The van der Waals surface area contributed by atoms with E-state index < -0.39 is 0 Å². The number of benzene rings is 1. The van der Waals surface area contributed by atoms with Gasteiger partial charge in [0.2, 0.25) is 0 Å². The summed E-state index contributed by atoms with van der Waals surface area (Å²) in [7, 11) is 0. The van der Waals surface area contributed by atoms with Gasteiger partial charge in [-0.05, 0) is 17.0 Å². The highest BCUT2D eigenvalue weighted by atomic mass is 35.5. The van der Waals surface area contributed by atoms with Gasteiger partial charge in [-0.1, -0.05) is 44.5 Å². The summed E-state index contributed by atoms with van der Waals surface area (Å²) < 4.78 is 0. The maximum absolute atomic E-state index is 10.8. The summed E-state index contributed by atoms with van der Waals surface area (Å²) >= 11 is 6.03. The van der Waals surface area contributed by atoms with E-state index >= 15 is 0 Å². The fourth-order valence-corrected chi connectivity index (χ4v) is 1.90. The maximum Gasteiger partial charge on any atom is 0.150 e. The second kappa shape index (κ2) is 3.51. The molecular formula is C11H13ClO. The van der Waals surface area contributed by atoms with Crippen molar-refractivity contribution in [1.82, 2.24) is 0 Å². The summed E-state index contributed by atoms with van der Waals surface area (Å²) in [4.78, 5) is 10.8. The van der Waals surface area contributed by atoms with Crippen molar-refractivity contribution in [3.05, 3.63) is 34.3 Å². The summed E-state index contributed by atoms with van der Waals surface area (Å²) in [5.74, 6) is 0. The van der Waals surface area contributed by atoms with Crippen LogP contribution < -0.4 is 0 Å². The SMILES string of the molecule is CC(C)(C)c1c(Cl)cccc1C=O. The van der Waals surface area contributed by atoms with Gasteiger partial charge in [0.1, 0.15) is 6.29 Å². The van der Waals surface area contributed by atoms with Gasteiger partial charge in [0.25, 0.3) is 0 Å². The Morgan fingerprint density at radius 3 is 2.31 bits per heavy atom. The number of rotatable bonds is 1. The van der Waals surface area contributed by atoms with Gasteiger partial charge in [-0.2, -0.15) is 0 Å². The molecule has 0 saturated carbocycles. The first-order valence-corrected chi connectivity index (χ1v) is 4.59. The van der Waals surface area contributed by atoms with Gasteiger partial charge in [-0.25, -0.2) is 0 Å². The van der Waals surface area contributed by atoms with E-state index in [4.69, 9.17) is 11.6 Å². The molecule has 0 aliphatic rings. The van der Waals surface area contributed by atoms with Crippen LogP contribution in [0.2, 0.25) is 5.02 Å². The summed E-state index contributed by atoms with van der Waals surface area (Å²) in [6, 6.07) is 5.40. The van der Waals surface area contributed by atoms with Crippen molar-refractivity contribution < 1.29 is 4.79 Å². The number of carbonyl (C=O) groups excluding carboxylic acids is 1. The van der Waals surface area contributed by atoms with Crippen molar-refractivity contribution in [3.63, 3.8) is 0 Å². The highest BCUT2D eigenvalue weighted by Gasteiger charge is 2.20. The quantitative estimate of drug-likeness (QED) is 0.629. The number of halogens is 1. The average Bonchev–Trinajstić information content (AvgIpc) is 2.01. The Hall–Kier alpha value is -0.820. The molecular weight excluding hydrogens is 184 g/mol. The summed E-state index contributed by atoms with van der Waals surface area (Å²) in [6.45, 7) is 6.13. The molecule has 0 unspecified atom stereocenters. The molecule has 13 heavy (non-hydrogen) atoms. The smallest absolute Gasteiger partial charge is 0.150 e. The second-order valence-corrected chi connectivity index (χ2v) is 4.48. The van der Waals surface area contributed by atoms with Crippen LogP contribution in [0.3, 0.4) is 0 Å². The highest BCUT2D eigenvalue weighted by molar-refractivity contribution is 6.31. The van der Waals surface area contributed by atoms with Crippen LogP contribution in [0.4, 0.5) is 0 Å². The molecule has 0 aromatic heterocycles. The van der Waals surface area contributed by atoms with Gasteiger partial charge in [-0.3, -0.25) is 4.79 Å². The Bertz CT molecular complexity index is 323. The van der Waals surface area contributed by atoms with Crippen LogP contribution >= 0.6 is 11.6 Å². The van der Waals surface area contributed by atoms with Gasteiger partial charge in [-0.15, -0.1) is 0 Å². The van der Waals surface area contributed by atoms with Gasteiger partial charge < -0.3 is 0 Å². The van der Waals surface area contributed by atoms with Crippen molar-refractivity contribution in [2.24, 2.45) is 0 Å². The molecule has 70 valence electrons. The van der Waals surface area contributed by atoms with E-state index in [1.54, 1.807) is 12.1 Å². The zero-order chi connectivity index (χ0) is 10.1. The Balaban J connectivity index is 3.40. The largest absolute Gasteiger partial charge is 0.298 e. The monoisotopic (exact) mass is 196 g/mol. The molecule has 1 aromatic carbocycles. The van der Waals surface area contributed by atoms with E-state index in [0.29, 0.717) is 10.6 Å². The first kappa shape index (κ1) is 10.3. The summed E-state index contributed by atoms with van der Waals surface area (Å²) in [5, 5.41) is 0.664. The van der Waals surface area contributed by atoms with Gasteiger partial charge >= 0.3 is 0 Å². The van der Waals surface area contributed by atoms with Crippen molar-refractivity contribution in [3.8, 4) is 0 Å². The zero-order valence-electron chi connectivity index (χ0n) is 8.10. The number of carbonyl (C=O) groups is 1. The molecule has 2 heteroatoms. The van der Waals surface area contributed by atoms with Crippen molar-refractivity contribution in [1.29, 1.82) is 0 Å². The molecule has 0 spiro atoms. The molecule has 0 radical (unpaired) electrons. The third-order valence-corrected chi connectivity index (χ3v) is 2.24. The lowest BCUT2D eigenvalue weighted by atomic mass is 9.84. The lowest BCUT2D eigenvalue weighted by Gasteiger charge is -2.22. The molecule has 0 amide bonds. The highest BCUT2D eigenvalue weighted by Crippen LogP contribution is 2.31. The lowest BCUT2D eigenvalue weighted by Crippen LogP contribution is -2.14. The van der Waals surface area contributed by atoms with Crippen LogP contribution in [0.1, 0.15) is 36.7 Å². The van der Waals surface area contributed by atoms with Crippen molar-refractivity contribution in [2.45, 2.75) is 26.2 Å². The predicted molar refractivity (Wildman–Crippen MR) is 55.5 cm³/mol. The minimum absolute atomic E-state index is 0.0887. The molecule has 0 fully saturated rings. The van der Waals surface area contributed by atoms with Crippen LogP contribution in [-0.4, -0.2) is 6.29 Å². The van der Waals surface area contributed by atoms with Gasteiger partial charge in [0.05, 0.1) is 0 Å². The Kier molecular flexibility index (Phi) is 2.77. The first-order valence-electron chi connectivity index (χ1n) is 4.21. The zero-order valence-corrected chi connectivity index (χ0v) is 8.85. The van der Waals surface area contributed by atoms with Crippen LogP contribution in [0.25, 0.3) is 0 Å². The molecule has 0 aliphatic heterocycles. The third-order valence-electron chi connectivity index (χ3n) is 1.92. The summed E-state index contributed by atoms with van der Waals surface area (Å²) in [5.41, 5.74) is 1.51. The molecule has 0 N–H and O–H groups in total. The molecule has 0 atom stereocenters. The van der Waals surface area contributed by atoms with E-state index in [1.165, 1.54) is 0 Å². The number of hydrogen-bond acceptors (Lipinski definition) is 1. The second-order valence-electron chi connectivity index (χ2n) is 4.07. The van der Waals surface area contributed by atoms with E-state index in [1.807, 2.05) is 26.8 Å². The first-order chi connectivity index (χ1) is 5.96. The van der Waals surface area contributed by atoms with Crippen LogP contribution in [-0.2, 0) is 5.41 Å². The van der Waals surface area contributed by atoms with E-state index in [-0.39, 0.29) is 5.41 Å². The lowest BCUT2D eigenvalue weighted by molar-refractivity contribution is 0.112. The molecule has 0 aliphatic carbocycles. The number of aldehydes is 1. The Morgan fingerprint density at radius 2 is 1.92 bits per heavy atom. The molecule has 0 saturated heterocycles. The fourth-order valence-electron chi connectivity index (χ4n) is 1.43. The standard InChI is InChI=1S/C11H13ClO/c1-11(2,3)10-8(7-13)5-4-6-9(10)12/h4-7H,1-3H3. The molecule has 1 aromatic rings. The minimum atomic E-state index is -0.0887. The van der Waals surface area contributed by atoms with E-state index in [9.17, 15) is 4.79 Å². The third kappa shape index (κ3) is 2.10. The molecule has 0 bridgehead atoms. The summed E-state index contributed by atoms with van der Waals surface area (Å²) in [6.07, 6.45) is 0.854. The minimum Gasteiger partial charge on any atom is -0.298 e. The average molecular weight is 197 g/mol. The van der Waals surface area contributed by atoms with E-state index in [2.05, 4.69) is 0 Å².